The smallest absolute Gasteiger partial charge is 0.302 e. The van der Waals surface area contributed by atoms with Gasteiger partial charge in [-0.1, -0.05) is 12.1 Å². The molecule has 8 amide bonds. The molecule has 1 aromatic rings. The van der Waals surface area contributed by atoms with Crippen molar-refractivity contribution in [2.24, 2.45) is 5.73 Å². The third-order valence-corrected chi connectivity index (χ3v) is 10.4. The van der Waals surface area contributed by atoms with Crippen molar-refractivity contribution in [2.45, 2.75) is 122 Å². The van der Waals surface area contributed by atoms with E-state index in [-0.39, 0.29) is 50.9 Å². The van der Waals surface area contributed by atoms with Crippen molar-refractivity contribution in [1.82, 2.24) is 36.4 Å². The molecule has 25 heteroatoms. The molecule has 2 heterocycles. The molecule has 2 fully saturated rings. The van der Waals surface area contributed by atoms with E-state index in [2.05, 4.69) is 26.6 Å². The zero-order valence-corrected chi connectivity index (χ0v) is 38.0. The average Bonchev–Trinajstić information content (AvgIpc) is 3.95. The fourth-order valence-corrected chi connectivity index (χ4v) is 7.25. The van der Waals surface area contributed by atoms with Gasteiger partial charge >= 0.3 is 23.9 Å². The second-order valence-corrected chi connectivity index (χ2v) is 15.8. The van der Waals surface area contributed by atoms with E-state index in [4.69, 9.17) is 24.7 Å². The van der Waals surface area contributed by atoms with E-state index in [9.17, 15) is 62.6 Å². The number of phenolic OH excluding ortho intramolecular Hbond substituents is 1. The molecule has 0 radical (unpaired) electrons. The minimum Gasteiger partial charge on any atom is -0.508 e. The Balaban J connectivity index is 1.87. The number of aromatic hydroxyl groups is 1. The van der Waals surface area contributed by atoms with E-state index in [0.29, 0.717) is 5.56 Å². The van der Waals surface area contributed by atoms with E-state index in [0.717, 1.165) is 37.5 Å². The maximum Gasteiger partial charge on any atom is 0.302 e. The van der Waals surface area contributed by atoms with Crippen molar-refractivity contribution in [3.63, 3.8) is 0 Å². The van der Waals surface area contributed by atoms with E-state index >= 15 is 0 Å². The van der Waals surface area contributed by atoms with Crippen LogP contribution in [0, 0.1) is 0 Å². The van der Waals surface area contributed by atoms with Crippen molar-refractivity contribution >= 4 is 71.1 Å². The Morgan fingerprint density at radius 3 is 1.49 bits per heavy atom. The summed E-state index contributed by atoms with van der Waals surface area (Å²) in [7, 11) is 0. The number of hydrogen-bond donors (Lipinski definition) is 7. The summed E-state index contributed by atoms with van der Waals surface area (Å²) in [5.41, 5.74) is 5.90. The second kappa shape index (κ2) is 25.4. The summed E-state index contributed by atoms with van der Waals surface area (Å²) in [6.45, 7) is 4.53. The number of ether oxygens (including phenoxy) is 4. The molecular formula is C42H58N8O17. The van der Waals surface area contributed by atoms with Crippen LogP contribution < -0.4 is 32.3 Å². The number of phenols is 1. The number of hydrogen-bond acceptors (Lipinski definition) is 17. The number of carbonyl (C=O) groups excluding carboxylic acids is 12. The van der Waals surface area contributed by atoms with Crippen LogP contribution in [0.3, 0.4) is 0 Å². The highest BCUT2D eigenvalue weighted by atomic mass is 16.5. The number of nitrogens with one attached hydrogen (secondary N) is 5. The number of amides is 8. The molecule has 8 atom stereocenters. The normalized spacial score (nSPS) is 18.0. The maximum absolute atomic E-state index is 14.2. The first-order valence-electron chi connectivity index (χ1n) is 21.2. The molecule has 1 aromatic carbocycles. The summed E-state index contributed by atoms with van der Waals surface area (Å²) >= 11 is 0. The number of nitrogens with two attached hydrogens (primary N) is 1. The molecule has 8 N–H and O–H groups in total. The van der Waals surface area contributed by atoms with E-state index in [1.165, 1.54) is 38.1 Å². The van der Waals surface area contributed by atoms with Gasteiger partial charge in [-0.05, 0) is 50.3 Å². The fraction of sp³-hybridized carbons (Fsp3) is 0.571. The SMILES string of the molecule is CC(=O)N[C@@H](Cc1ccc(O)cc1)C(=O)N[C@@H](COC(C)=O)C(=O)N1CCC[C@H]1C(=O)N[C@H](C(=O)N[C@@H](COC(C)=O)C(=O)N1CCC[C@H]1C(=O)N[C@@H](COC(C)=O)C(N)=O)[C@@H](C)OC(C)=O. The summed E-state index contributed by atoms with van der Waals surface area (Å²) < 4.78 is 20.2. The van der Waals surface area contributed by atoms with Gasteiger partial charge in [-0.3, -0.25) is 57.5 Å². The number of likely N-dealkylation sites (tertiary alicyclic amines) is 2. The van der Waals surface area contributed by atoms with Crippen molar-refractivity contribution in [3.8, 4) is 5.75 Å². The van der Waals surface area contributed by atoms with Crippen molar-refractivity contribution in [1.29, 1.82) is 0 Å². The molecule has 2 aliphatic rings. The van der Waals surface area contributed by atoms with Crippen LogP contribution >= 0.6 is 0 Å². The number of nitrogens with zero attached hydrogens (tertiary/aromatic N) is 2. The predicted octanol–water partition coefficient (Wildman–Crippen LogP) is -3.51. The monoisotopic (exact) mass is 946 g/mol. The molecule has 25 nitrogen and oxygen atoms in total. The molecule has 0 aliphatic carbocycles. The number of primary amides is 1. The molecule has 2 saturated heterocycles. The van der Waals surface area contributed by atoms with Crippen LogP contribution in [0.25, 0.3) is 0 Å². The van der Waals surface area contributed by atoms with Gasteiger partial charge in [-0.25, -0.2) is 0 Å². The molecule has 2 aliphatic heterocycles. The van der Waals surface area contributed by atoms with E-state index in [1.807, 2.05) is 0 Å². The van der Waals surface area contributed by atoms with Gasteiger partial charge in [-0.2, -0.15) is 0 Å². The molecule has 368 valence electrons. The molecular weight excluding hydrogens is 889 g/mol. The Bertz CT molecular complexity index is 2050. The van der Waals surface area contributed by atoms with Crippen molar-refractivity contribution in [2.75, 3.05) is 32.9 Å². The first-order chi connectivity index (χ1) is 31.5. The van der Waals surface area contributed by atoms with Gasteiger partial charge < -0.3 is 66.2 Å². The maximum atomic E-state index is 14.2. The molecule has 0 saturated carbocycles. The van der Waals surface area contributed by atoms with Crippen LogP contribution in [-0.2, 0) is 82.9 Å². The molecule has 0 aromatic heterocycles. The highest BCUT2D eigenvalue weighted by Crippen LogP contribution is 2.22. The third kappa shape index (κ3) is 16.9. The van der Waals surface area contributed by atoms with Crippen molar-refractivity contribution < 1.29 is 81.6 Å². The zero-order valence-electron chi connectivity index (χ0n) is 38.0. The van der Waals surface area contributed by atoms with Gasteiger partial charge in [0.05, 0.1) is 0 Å². The lowest BCUT2D eigenvalue weighted by Crippen LogP contribution is -2.62. The quantitative estimate of drug-likeness (QED) is 0.0438. The number of rotatable bonds is 22. The van der Waals surface area contributed by atoms with Crippen LogP contribution in [0.5, 0.6) is 5.75 Å². The lowest BCUT2D eigenvalue weighted by molar-refractivity contribution is -0.153. The molecule has 0 unspecified atom stereocenters. The number of benzene rings is 1. The summed E-state index contributed by atoms with van der Waals surface area (Å²) in [5, 5.41) is 21.9. The Morgan fingerprint density at radius 1 is 0.612 bits per heavy atom. The number of esters is 4. The Morgan fingerprint density at radius 2 is 1.06 bits per heavy atom. The van der Waals surface area contributed by atoms with Gasteiger partial charge in [0.25, 0.3) is 0 Å². The van der Waals surface area contributed by atoms with Crippen LogP contribution in [0.4, 0.5) is 0 Å². The first-order valence-corrected chi connectivity index (χ1v) is 21.2. The van der Waals surface area contributed by atoms with Crippen LogP contribution in [0.1, 0.15) is 72.8 Å². The fourth-order valence-electron chi connectivity index (χ4n) is 7.25. The summed E-state index contributed by atoms with van der Waals surface area (Å²) in [4.78, 5) is 157. The van der Waals surface area contributed by atoms with Crippen molar-refractivity contribution in [3.05, 3.63) is 29.8 Å². The molecule has 3 rings (SSSR count). The van der Waals surface area contributed by atoms with Crippen LogP contribution in [-0.4, -0.2) is 167 Å². The Hall–Kier alpha value is -7.34. The number of carbonyl (C=O) groups is 12. The third-order valence-electron chi connectivity index (χ3n) is 10.4. The minimum absolute atomic E-state index is 0.0287. The predicted molar refractivity (Wildman–Crippen MR) is 227 cm³/mol. The summed E-state index contributed by atoms with van der Waals surface area (Å²) in [6, 6.07) is -4.51. The molecule has 0 bridgehead atoms. The van der Waals surface area contributed by atoms with E-state index < -0.39 is 139 Å². The molecule has 67 heavy (non-hydrogen) atoms. The highest BCUT2D eigenvalue weighted by molar-refractivity contribution is 5.98. The van der Waals surface area contributed by atoms with Gasteiger partial charge in [-0.15, -0.1) is 0 Å². The Kier molecular flexibility index (Phi) is 20.5. The average molecular weight is 947 g/mol. The highest BCUT2D eigenvalue weighted by Gasteiger charge is 2.43. The first kappa shape index (κ1) is 54.0. The lowest BCUT2D eigenvalue weighted by atomic mass is 10.0. The Labute approximate surface area is 384 Å². The van der Waals surface area contributed by atoms with Gasteiger partial charge in [0, 0.05) is 54.1 Å². The minimum atomic E-state index is -1.77. The largest absolute Gasteiger partial charge is 0.508 e. The lowest BCUT2D eigenvalue weighted by Gasteiger charge is -2.32. The zero-order chi connectivity index (χ0) is 50.1. The summed E-state index contributed by atoms with van der Waals surface area (Å²) in [5.74, 6) is -10.5. The summed E-state index contributed by atoms with van der Waals surface area (Å²) in [6.07, 6.45) is -0.858. The van der Waals surface area contributed by atoms with Gasteiger partial charge in [0.1, 0.15) is 74.0 Å². The van der Waals surface area contributed by atoms with Gasteiger partial charge in [0.2, 0.25) is 47.3 Å². The molecule has 0 spiro atoms. The second-order valence-electron chi connectivity index (χ2n) is 15.8. The van der Waals surface area contributed by atoms with E-state index in [1.54, 1.807) is 0 Å². The van der Waals surface area contributed by atoms with Crippen LogP contribution in [0.2, 0.25) is 0 Å². The van der Waals surface area contributed by atoms with Gasteiger partial charge in [0.15, 0.2) is 0 Å². The topological polar surface area (TPSA) is 355 Å². The standard InChI is InChI=1S/C42H58N8O17/c1-21(67-26(6)55)35(40(61)47-32(20-66-25(5)54)42(63)49-15-7-9-33(49)38(59)45-30(36(43)57)18-64-23(3)52)48-39(60)34-10-8-16-50(34)41(62)31(19-65-24(4)53)46-37(58)29(44-22(2)51)17-27-11-13-28(56)14-12-27/h11-14,21,29-35,56H,7-10,15-20H2,1-6H3,(H2,43,57)(H,44,51)(H,45,59)(H,46,58)(H,47,61)(H,48,60)/t21-,29+,30+,31+,32+,33+,34+,35+/m1/s1. The van der Waals surface area contributed by atoms with Crippen LogP contribution in [0.15, 0.2) is 24.3 Å².